The van der Waals surface area contributed by atoms with E-state index in [2.05, 4.69) is 125 Å². The molecule has 0 saturated heterocycles. The molecule has 184 valence electrons. The topological polar surface area (TPSA) is 0 Å². The van der Waals surface area contributed by atoms with Crippen LogP contribution in [0.5, 0.6) is 0 Å². The van der Waals surface area contributed by atoms with Crippen molar-refractivity contribution in [2.75, 3.05) is 0 Å². The maximum Gasteiger partial charge on any atom is 0.138 e. The molecule has 0 fully saturated rings. The quantitative estimate of drug-likeness (QED) is 0.139. The molecule has 0 radical (unpaired) electrons. The Balaban J connectivity index is 2.15. The lowest BCUT2D eigenvalue weighted by Crippen LogP contribution is -2.29. The summed E-state index contributed by atoms with van der Waals surface area (Å²) in [5, 5.41) is 7.55. The third-order valence-electron chi connectivity index (χ3n) is 8.86. The first-order chi connectivity index (χ1) is 17.5. The van der Waals surface area contributed by atoms with Crippen LogP contribution in [-0.4, -0.2) is 16.1 Å². The van der Waals surface area contributed by atoms with Crippen molar-refractivity contribution in [3.63, 3.8) is 0 Å². The van der Waals surface area contributed by atoms with Gasteiger partial charge in [-0.3, -0.25) is 0 Å². The summed E-state index contributed by atoms with van der Waals surface area (Å²) in [4.78, 5) is 0. The van der Waals surface area contributed by atoms with E-state index >= 15 is 0 Å². The van der Waals surface area contributed by atoms with Crippen molar-refractivity contribution in [3.05, 3.63) is 71.8 Å². The van der Waals surface area contributed by atoms with Crippen molar-refractivity contribution in [2.45, 2.75) is 77.8 Å². The van der Waals surface area contributed by atoms with Crippen molar-refractivity contribution in [2.24, 2.45) is 0 Å². The summed E-state index contributed by atoms with van der Waals surface area (Å²) < 4.78 is 0. The van der Waals surface area contributed by atoms with Crippen LogP contribution in [-0.2, 0) is 0 Å². The van der Waals surface area contributed by atoms with Gasteiger partial charge in [0.25, 0.3) is 0 Å². The Kier molecular flexibility index (Phi) is 8.09. The summed E-state index contributed by atoms with van der Waals surface area (Å²) in [7, 11) is -3.16. The summed E-state index contributed by atoms with van der Waals surface area (Å²) in [6, 6.07) is 29.6. The first kappa shape index (κ1) is 26.3. The molecular weight excluding hydrogens is 465 g/mol. The summed E-state index contributed by atoms with van der Waals surface area (Å²) in [6.07, 6.45) is 0. The van der Waals surface area contributed by atoms with Gasteiger partial charge in [0.2, 0.25) is 0 Å². The van der Waals surface area contributed by atoms with E-state index in [9.17, 15) is 0 Å². The lowest BCUT2D eigenvalue weighted by Gasteiger charge is -2.21. The Labute approximate surface area is 220 Å². The van der Waals surface area contributed by atoms with E-state index in [0.29, 0.717) is 0 Å². The van der Waals surface area contributed by atoms with E-state index in [0.717, 1.165) is 0 Å². The molecule has 0 nitrogen and oxygen atoms in total. The first-order valence-corrected chi connectivity index (χ1v) is 19.2. The van der Waals surface area contributed by atoms with E-state index in [-0.39, 0.29) is 0 Å². The van der Waals surface area contributed by atoms with Gasteiger partial charge in [-0.25, -0.2) is 0 Å². The van der Waals surface area contributed by atoms with Gasteiger partial charge in [0, 0.05) is 11.1 Å². The van der Waals surface area contributed by atoms with Crippen molar-refractivity contribution >= 4 is 48.5 Å². The molecule has 0 bridgehead atoms. The highest BCUT2D eigenvalue weighted by Gasteiger charge is 2.25. The van der Waals surface area contributed by atoms with Crippen LogP contribution in [0.2, 0.25) is 36.3 Å². The summed E-state index contributed by atoms with van der Waals surface area (Å²) >= 11 is 0. The van der Waals surface area contributed by atoms with E-state index in [4.69, 9.17) is 0 Å². The fraction of sp³-hybridized carbons (Fsp3) is 0.353. The van der Waals surface area contributed by atoms with Gasteiger partial charge in [-0.1, -0.05) is 102 Å². The molecule has 0 aromatic heterocycles. The Morgan fingerprint density at radius 3 is 1.14 bits per heavy atom. The smallest absolute Gasteiger partial charge is 0.126 e. The highest BCUT2D eigenvalue weighted by Crippen LogP contribution is 2.35. The minimum Gasteiger partial charge on any atom is -0.126 e. The van der Waals surface area contributed by atoms with Crippen LogP contribution in [0.4, 0.5) is 0 Å². The van der Waals surface area contributed by atoms with E-state index in [1.807, 2.05) is 0 Å². The van der Waals surface area contributed by atoms with Crippen LogP contribution in [0.15, 0.2) is 60.7 Å². The maximum absolute atomic E-state index is 3.89. The van der Waals surface area contributed by atoms with Crippen LogP contribution in [0.3, 0.4) is 0 Å². The minimum atomic E-state index is -1.58. The summed E-state index contributed by atoms with van der Waals surface area (Å²) in [6.45, 7) is 14.0. The zero-order valence-electron chi connectivity index (χ0n) is 23.0. The number of hydrogen-bond acceptors (Lipinski definition) is 0. The summed E-state index contributed by atoms with van der Waals surface area (Å²) in [5.74, 6) is 7.59. The first-order valence-electron chi connectivity index (χ1n) is 13.9. The molecule has 4 rings (SSSR count). The molecule has 0 N–H and O–H groups in total. The van der Waals surface area contributed by atoms with Crippen LogP contribution >= 0.6 is 0 Å². The average Bonchev–Trinajstić information content (AvgIpc) is 2.94. The normalized spacial score (nSPS) is 11.8. The molecule has 0 saturated carbocycles. The Bertz CT molecular complexity index is 1380. The summed E-state index contributed by atoms with van der Waals surface area (Å²) in [5.41, 5.74) is 10.2. The number of fused-ring (bicyclic) bond motifs is 3. The van der Waals surface area contributed by atoms with Gasteiger partial charge in [0.15, 0.2) is 0 Å². The predicted octanol–water partition coefficient (Wildman–Crippen LogP) is 9.94. The molecule has 0 heterocycles. The van der Waals surface area contributed by atoms with Gasteiger partial charge < -0.3 is 0 Å². The molecular formula is C34H40Si2. The molecule has 0 spiro atoms. The molecule has 4 aromatic carbocycles. The second-order valence-electron chi connectivity index (χ2n) is 10.2. The number of hydrogen-bond donors (Lipinski definition) is 0. The van der Waals surface area contributed by atoms with Gasteiger partial charge in [-0.2, -0.15) is 0 Å². The van der Waals surface area contributed by atoms with Gasteiger partial charge >= 0.3 is 0 Å². The second kappa shape index (κ2) is 11.1. The van der Waals surface area contributed by atoms with Gasteiger partial charge in [0.1, 0.15) is 16.1 Å². The molecule has 0 atom stereocenters. The van der Waals surface area contributed by atoms with E-state index < -0.39 is 16.1 Å². The highest BCUT2D eigenvalue weighted by atomic mass is 28.3. The lowest BCUT2D eigenvalue weighted by atomic mass is 9.90. The van der Waals surface area contributed by atoms with Crippen LogP contribution in [0.1, 0.15) is 52.7 Å². The molecule has 36 heavy (non-hydrogen) atoms. The molecule has 2 heteroatoms. The SMILES string of the molecule is CC[Si](C#Cc1c2ccccc2c(C#C[Si](CC)(CC)CC)c2cc3ccccc3cc12)(CC)CC. The molecule has 0 aliphatic carbocycles. The van der Waals surface area contributed by atoms with Crippen LogP contribution in [0.25, 0.3) is 32.3 Å². The van der Waals surface area contributed by atoms with Gasteiger partial charge in [0.05, 0.1) is 0 Å². The fourth-order valence-corrected chi connectivity index (χ4v) is 10.4. The average molecular weight is 505 g/mol. The third kappa shape index (κ3) is 4.78. The lowest BCUT2D eigenvalue weighted by molar-refractivity contribution is 1.20. The van der Waals surface area contributed by atoms with Crippen molar-refractivity contribution in [1.82, 2.24) is 0 Å². The molecule has 4 aromatic rings. The molecule has 0 unspecified atom stereocenters. The standard InChI is InChI=1S/C34H40Si2/c1-7-35(8-2,9-3)23-21-31-29-19-15-16-20-30(29)32(22-24-36(10-4,11-5)12-6)34-26-28-18-14-13-17-27(28)25-33(31)34/h13-20,25-26H,7-12H2,1-6H3. The largest absolute Gasteiger partial charge is 0.138 e. The van der Waals surface area contributed by atoms with Crippen molar-refractivity contribution < 1.29 is 0 Å². The Morgan fingerprint density at radius 2 is 0.806 bits per heavy atom. The van der Waals surface area contributed by atoms with Gasteiger partial charge in [-0.05, 0) is 80.7 Å². The van der Waals surface area contributed by atoms with Crippen molar-refractivity contribution in [1.29, 1.82) is 0 Å². The highest BCUT2D eigenvalue weighted by molar-refractivity contribution is 6.87. The second-order valence-corrected chi connectivity index (χ2v) is 20.1. The minimum absolute atomic E-state index is 1.19. The van der Waals surface area contributed by atoms with Crippen molar-refractivity contribution in [3.8, 4) is 22.9 Å². The number of benzene rings is 4. The number of rotatable bonds is 6. The van der Waals surface area contributed by atoms with E-state index in [1.54, 1.807) is 0 Å². The zero-order valence-corrected chi connectivity index (χ0v) is 25.0. The fourth-order valence-electron chi connectivity index (χ4n) is 5.55. The Morgan fingerprint density at radius 1 is 0.472 bits per heavy atom. The molecule has 0 amide bonds. The predicted molar refractivity (Wildman–Crippen MR) is 167 cm³/mol. The Hall–Kier alpha value is -2.79. The molecule has 0 aliphatic rings. The monoisotopic (exact) mass is 504 g/mol. The molecule has 0 aliphatic heterocycles. The zero-order chi connectivity index (χ0) is 25.8. The van der Waals surface area contributed by atoms with E-state index in [1.165, 1.54) is 79.7 Å². The third-order valence-corrected chi connectivity index (χ3v) is 18.3. The van der Waals surface area contributed by atoms with Gasteiger partial charge in [-0.15, -0.1) is 11.1 Å². The maximum atomic E-state index is 3.89. The van der Waals surface area contributed by atoms with Crippen LogP contribution < -0.4 is 0 Å². The van der Waals surface area contributed by atoms with Crippen LogP contribution in [0, 0.1) is 22.9 Å².